The summed E-state index contributed by atoms with van der Waals surface area (Å²) in [6.07, 6.45) is 2.03. The largest absolute Gasteiger partial charge is 0.496 e. The molecule has 3 aromatic rings. The van der Waals surface area contributed by atoms with Gasteiger partial charge in [0.2, 0.25) is 5.91 Å². The van der Waals surface area contributed by atoms with Crippen LogP contribution < -0.4 is 10.1 Å². The number of imidazole rings is 1. The number of rotatable bonds is 7. The Balaban J connectivity index is 1.74. The predicted octanol–water partition coefficient (Wildman–Crippen LogP) is 3.22. The van der Waals surface area contributed by atoms with E-state index in [-0.39, 0.29) is 12.5 Å². The molecule has 0 aliphatic carbocycles. The zero-order valence-electron chi connectivity index (χ0n) is 14.4. The van der Waals surface area contributed by atoms with E-state index in [9.17, 15) is 4.79 Å². The van der Waals surface area contributed by atoms with Crippen LogP contribution in [0.2, 0.25) is 0 Å². The van der Waals surface area contributed by atoms with Crippen LogP contribution in [0.4, 0.5) is 0 Å². The Morgan fingerprint density at radius 3 is 2.76 bits per heavy atom. The van der Waals surface area contributed by atoms with E-state index in [0.29, 0.717) is 6.54 Å². The van der Waals surface area contributed by atoms with Gasteiger partial charge in [0.1, 0.15) is 18.1 Å². The van der Waals surface area contributed by atoms with Gasteiger partial charge in [-0.05, 0) is 24.5 Å². The van der Waals surface area contributed by atoms with Crippen molar-refractivity contribution in [3.8, 4) is 5.75 Å². The van der Waals surface area contributed by atoms with Crippen LogP contribution in [0.25, 0.3) is 11.0 Å². The molecule has 0 aliphatic rings. The Kier molecular flexibility index (Phi) is 5.60. The summed E-state index contributed by atoms with van der Waals surface area (Å²) in [6.45, 7) is 0.693. The molecule has 2 aromatic carbocycles. The number of nitrogens with one attached hydrogen (secondary N) is 1. The number of nitrogens with zero attached hydrogens (tertiary/aromatic N) is 2. The predicted molar refractivity (Wildman–Crippen MR) is 102 cm³/mol. The summed E-state index contributed by atoms with van der Waals surface area (Å²) in [5.74, 6) is 2.42. The van der Waals surface area contributed by atoms with Gasteiger partial charge in [0.05, 0.1) is 23.9 Å². The lowest BCUT2D eigenvalue weighted by atomic mass is 10.2. The molecule has 0 spiro atoms. The second-order valence-corrected chi connectivity index (χ2v) is 6.49. The molecule has 0 atom stereocenters. The van der Waals surface area contributed by atoms with Crippen LogP contribution in [0.3, 0.4) is 0 Å². The Hall–Kier alpha value is -2.47. The summed E-state index contributed by atoms with van der Waals surface area (Å²) in [4.78, 5) is 17.1. The number of carbonyl (C=O) groups excluding carboxylic acids is 1. The highest BCUT2D eigenvalue weighted by Crippen LogP contribution is 2.19. The van der Waals surface area contributed by atoms with Crippen LogP contribution in [0, 0.1) is 0 Å². The van der Waals surface area contributed by atoms with Crippen molar-refractivity contribution in [2.75, 3.05) is 13.4 Å². The third kappa shape index (κ3) is 3.96. The molecular weight excluding hydrogens is 334 g/mol. The summed E-state index contributed by atoms with van der Waals surface area (Å²) < 4.78 is 7.31. The second-order valence-electron chi connectivity index (χ2n) is 5.62. The fraction of sp³-hybridized carbons (Fsp3) is 0.263. The van der Waals surface area contributed by atoms with Crippen molar-refractivity contribution >= 4 is 28.7 Å². The van der Waals surface area contributed by atoms with Gasteiger partial charge in [-0.25, -0.2) is 4.98 Å². The molecule has 0 saturated heterocycles. The standard InChI is InChI=1S/C19H21N3O2S/c1-24-17-10-6-3-7-14(17)11-20-19(23)12-22-16-9-5-4-8-15(16)21-18(22)13-25-2/h3-10H,11-13H2,1-2H3,(H,20,23). The number of carbonyl (C=O) groups is 1. The highest BCUT2D eigenvalue weighted by Gasteiger charge is 2.13. The first-order chi connectivity index (χ1) is 12.2. The smallest absolute Gasteiger partial charge is 0.240 e. The van der Waals surface area contributed by atoms with Crippen molar-refractivity contribution in [2.24, 2.45) is 0 Å². The molecule has 0 bridgehead atoms. The number of hydrogen-bond donors (Lipinski definition) is 1. The van der Waals surface area contributed by atoms with E-state index in [2.05, 4.69) is 10.3 Å². The van der Waals surface area contributed by atoms with E-state index in [4.69, 9.17) is 4.74 Å². The third-order valence-corrected chi connectivity index (χ3v) is 4.52. The SMILES string of the molecule is COc1ccccc1CNC(=O)Cn1c(CSC)nc2ccccc21. The maximum absolute atomic E-state index is 12.5. The van der Waals surface area contributed by atoms with Crippen LogP contribution in [0.5, 0.6) is 5.75 Å². The van der Waals surface area contributed by atoms with E-state index < -0.39 is 0 Å². The maximum Gasteiger partial charge on any atom is 0.240 e. The average molecular weight is 355 g/mol. The number of methoxy groups -OCH3 is 1. The maximum atomic E-state index is 12.5. The number of aromatic nitrogens is 2. The lowest BCUT2D eigenvalue weighted by Crippen LogP contribution is -2.27. The normalized spacial score (nSPS) is 10.8. The van der Waals surface area contributed by atoms with Crippen LogP contribution >= 0.6 is 11.8 Å². The van der Waals surface area contributed by atoms with Gasteiger partial charge in [0, 0.05) is 12.1 Å². The van der Waals surface area contributed by atoms with Crippen LogP contribution in [-0.4, -0.2) is 28.8 Å². The summed E-state index contributed by atoms with van der Waals surface area (Å²) in [7, 11) is 1.63. The van der Waals surface area contributed by atoms with Gasteiger partial charge in [-0.1, -0.05) is 30.3 Å². The molecule has 1 N–H and O–H groups in total. The van der Waals surface area contributed by atoms with Crippen LogP contribution in [0.15, 0.2) is 48.5 Å². The lowest BCUT2D eigenvalue weighted by Gasteiger charge is -2.11. The Morgan fingerprint density at radius 1 is 1.20 bits per heavy atom. The molecule has 130 valence electrons. The number of thioether (sulfide) groups is 1. The zero-order valence-corrected chi connectivity index (χ0v) is 15.2. The molecule has 0 unspecified atom stereocenters. The fourth-order valence-electron chi connectivity index (χ4n) is 2.78. The third-order valence-electron chi connectivity index (χ3n) is 3.98. The Labute approximate surface area is 151 Å². The summed E-state index contributed by atoms with van der Waals surface area (Å²) in [5.41, 5.74) is 2.86. The molecule has 0 saturated carbocycles. The highest BCUT2D eigenvalue weighted by molar-refractivity contribution is 7.97. The first-order valence-corrected chi connectivity index (χ1v) is 9.44. The van der Waals surface area contributed by atoms with E-state index in [1.165, 1.54) is 0 Å². The summed E-state index contributed by atoms with van der Waals surface area (Å²) in [5, 5.41) is 2.97. The van der Waals surface area contributed by atoms with Crippen LogP contribution in [-0.2, 0) is 23.6 Å². The topological polar surface area (TPSA) is 56.1 Å². The molecule has 1 heterocycles. The number of hydrogen-bond acceptors (Lipinski definition) is 4. The summed E-state index contributed by atoms with van der Waals surface area (Å²) in [6, 6.07) is 15.6. The van der Waals surface area contributed by atoms with Gasteiger partial charge in [-0.2, -0.15) is 11.8 Å². The molecule has 25 heavy (non-hydrogen) atoms. The average Bonchev–Trinajstić information content (AvgIpc) is 2.98. The molecule has 5 nitrogen and oxygen atoms in total. The first-order valence-electron chi connectivity index (χ1n) is 8.04. The minimum atomic E-state index is -0.0450. The fourth-order valence-corrected chi connectivity index (χ4v) is 3.26. The minimum absolute atomic E-state index is 0.0450. The van der Waals surface area contributed by atoms with Crippen molar-refractivity contribution in [2.45, 2.75) is 18.8 Å². The monoisotopic (exact) mass is 355 g/mol. The quantitative estimate of drug-likeness (QED) is 0.707. The van der Waals surface area contributed by atoms with Gasteiger partial charge in [-0.15, -0.1) is 0 Å². The number of benzene rings is 2. The van der Waals surface area contributed by atoms with E-state index in [1.807, 2.05) is 59.4 Å². The lowest BCUT2D eigenvalue weighted by molar-refractivity contribution is -0.121. The molecular formula is C19H21N3O2S. The van der Waals surface area contributed by atoms with Gasteiger partial charge in [-0.3, -0.25) is 4.79 Å². The van der Waals surface area contributed by atoms with E-state index in [1.54, 1.807) is 18.9 Å². The molecule has 1 aromatic heterocycles. The van der Waals surface area contributed by atoms with E-state index >= 15 is 0 Å². The molecule has 0 aliphatic heterocycles. The number of para-hydroxylation sites is 3. The van der Waals surface area contributed by atoms with Gasteiger partial charge in [0.25, 0.3) is 0 Å². The van der Waals surface area contributed by atoms with Crippen molar-refractivity contribution < 1.29 is 9.53 Å². The zero-order chi connectivity index (χ0) is 17.6. The van der Waals surface area contributed by atoms with Crippen molar-refractivity contribution in [1.29, 1.82) is 0 Å². The Bertz CT molecular complexity index is 876. The van der Waals surface area contributed by atoms with Crippen molar-refractivity contribution in [3.63, 3.8) is 0 Å². The summed E-state index contributed by atoms with van der Waals surface area (Å²) >= 11 is 1.69. The molecule has 1 amide bonds. The van der Waals surface area contributed by atoms with E-state index in [0.717, 1.165) is 33.9 Å². The number of ether oxygens (including phenoxy) is 1. The molecule has 6 heteroatoms. The van der Waals surface area contributed by atoms with Crippen molar-refractivity contribution in [3.05, 3.63) is 59.9 Å². The first kappa shape index (κ1) is 17.4. The van der Waals surface area contributed by atoms with Crippen molar-refractivity contribution in [1.82, 2.24) is 14.9 Å². The number of amides is 1. The van der Waals surface area contributed by atoms with Gasteiger partial charge < -0.3 is 14.6 Å². The molecule has 0 fully saturated rings. The van der Waals surface area contributed by atoms with Gasteiger partial charge >= 0.3 is 0 Å². The highest BCUT2D eigenvalue weighted by atomic mass is 32.2. The molecule has 3 rings (SSSR count). The Morgan fingerprint density at radius 2 is 1.96 bits per heavy atom. The number of fused-ring (bicyclic) bond motifs is 1. The second kappa shape index (κ2) is 8.07. The van der Waals surface area contributed by atoms with Gasteiger partial charge in [0.15, 0.2) is 0 Å². The van der Waals surface area contributed by atoms with Crippen LogP contribution in [0.1, 0.15) is 11.4 Å². The molecule has 0 radical (unpaired) electrons. The minimum Gasteiger partial charge on any atom is -0.496 e.